The molecule has 3 aromatic rings. The molecule has 1 aromatic heterocycles. The van der Waals surface area contributed by atoms with Crippen LogP contribution in [0.4, 0.5) is 15.9 Å². The molecule has 37 heavy (non-hydrogen) atoms. The van der Waals surface area contributed by atoms with Gasteiger partial charge in [-0.25, -0.2) is 9.07 Å². The first kappa shape index (κ1) is 25.2. The number of halogens is 1. The Hall–Kier alpha value is -3.41. The summed E-state index contributed by atoms with van der Waals surface area (Å²) in [6, 6.07) is 17.0. The summed E-state index contributed by atoms with van der Waals surface area (Å²) < 4.78 is 21.9. The lowest BCUT2D eigenvalue weighted by atomic mass is 10.0. The van der Waals surface area contributed by atoms with Crippen LogP contribution in [0.1, 0.15) is 37.7 Å². The first-order valence-electron chi connectivity index (χ1n) is 13.3. The molecule has 2 aliphatic heterocycles. The second-order valence-electron chi connectivity index (χ2n) is 10.00. The van der Waals surface area contributed by atoms with E-state index in [-0.39, 0.29) is 5.56 Å². The lowest BCUT2D eigenvalue weighted by molar-refractivity contribution is 0.0819. The molecule has 2 aromatic carbocycles. The summed E-state index contributed by atoms with van der Waals surface area (Å²) in [5, 5.41) is 21.0. The fourth-order valence-electron chi connectivity index (χ4n) is 5.33. The van der Waals surface area contributed by atoms with Crippen molar-refractivity contribution in [3.05, 3.63) is 59.9 Å². The van der Waals surface area contributed by atoms with Gasteiger partial charge < -0.3 is 20.3 Å². The summed E-state index contributed by atoms with van der Waals surface area (Å²) in [6.07, 6.45) is 5.92. The SMILES string of the molecule is COC1CCN(c2ccc(-n3nc(NC[C@@H]4CCCNCC4)cc3-c3ccc(C#N)c(F)c3)cc2)CC1. The molecule has 0 unspecified atom stereocenters. The Bertz CT molecular complexity index is 1220. The number of ether oxygens (including phenoxy) is 1. The number of nitrogens with zero attached hydrogens (tertiary/aromatic N) is 4. The quantitative estimate of drug-likeness (QED) is 0.475. The topological polar surface area (TPSA) is 78.1 Å². The lowest BCUT2D eigenvalue weighted by Crippen LogP contribution is -2.36. The second-order valence-corrected chi connectivity index (χ2v) is 10.00. The van der Waals surface area contributed by atoms with E-state index in [1.165, 1.54) is 30.7 Å². The fourth-order valence-corrected chi connectivity index (χ4v) is 5.33. The molecule has 0 spiro atoms. The zero-order chi connectivity index (χ0) is 25.6. The number of aromatic nitrogens is 2. The molecule has 0 radical (unpaired) electrons. The maximum Gasteiger partial charge on any atom is 0.149 e. The van der Waals surface area contributed by atoms with E-state index in [0.29, 0.717) is 17.6 Å². The Labute approximate surface area is 218 Å². The van der Waals surface area contributed by atoms with Crippen LogP contribution >= 0.6 is 0 Å². The number of nitriles is 1. The van der Waals surface area contributed by atoms with E-state index in [0.717, 1.165) is 69.2 Å². The van der Waals surface area contributed by atoms with Crippen LogP contribution in [-0.2, 0) is 4.74 Å². The number of rotatable bonds is 7. The smallest absolute Gasteiger partial charge is 0.149 e. The predicted molar refractivity (Wildman–Crippen MR) is 145 cm³/mol. The highest BCUT2D eigenvalue weighted by Crippen LogP contribution is 2.29. The minimum atomic E-state index is -0.525. The van der Waals surface area contributed by atoms with E-state index in [1.54, 1.807) is 13.2 Å². The van der Waals surface area contributed by atoms with E-state index in [9.17, 15) is 4.39 Å². The third-order valence-corrected chi connectivity index (χ3v) is 7.60. The van der Waals surface area contributed by atoms with Crippen molar-refractivity contribution in [3.8, 4) is 23.0 Å². The number of methoxy groups -OCH3 is 1. The molecule has 8 heteroatoms. The summed E-state index contributed by atoms with van der Waals surface area (Å²) in [4.78, 5) is 2.38. The third-order valence-electron chi connectivity index (χ3n) is 7.60. The standard InChI is InChI=1S/C29H35FN6O/c1-37-26-11-15-35(16-12-26)24-6-8-25(9-7-24)36-28(22-4-5-23(19-31)27(30)17-22)18-29(34-36)33-20-21-3-2-13-32-14-10-21/h4-9,17-18,21,26,32H,2-3,10-16,20H2,1H3,(H,33,34)/t21-/m1/s1. The van der Waals surface area contributed by atoms with Crippen molar-refractivity contribution in [2.75, 3.05) is 50.1 Å². The van der Waals surface area contributed by atoms with Crippen LogP contribution in [0.5, 0.6) is 0 Å². The zero-order valence-electron chi connectivity index (χ0n) is 21.4. The van der Waals surface area contributed by atoms with Crippen LogP contribution in [0.15, 0.2) is 48.5 Å². The maximum absolute atomic E-state index is 14.5. The van der Waals surface area contributed by atoms with E-state index in [1.807, 2.05) is 16.8 Å². The van der Waals surface area contributed by atoms with Crippen LogP contribution in [0.25, 0.3) is 16.9 Å². The molecular formula is C29H35FN6O. The molecule has 3 heterocycles. The van der Waals surface area contributed by atoms with Gasteiger partial charge in [-0.05, 0) is 87.5 Å². The van der Waals surface area contributed by atoms with Gasteiger partial charge >= 0.3 is 0 Å². The van der Waals surface area contributed by atoms with Crippen molar-refractivity contribution in [3.63, 3.8) is 0 Å². The van der Waals surface area contributed by atoms with Gasteiger partial charge in [-0.1, -0.05) is 6.07 Å². The van der Waals surface area contributed by atoms with Gasteiger partial charge in [0.05, 0.1) is 23.0 Å². The van der Waals surface area contributed by atoms with Gasteiger partial charge in [-0.2, -0.15) is 5.26 Å². The van der Waals surface area contributed by atoms with E-state index < -0.39 is 5.82 Å². The molecule has 2 saturated heterocycles. The molecule has 7 nitrogen and oxygen atoms in total. The molecular weight excluding hydrogens is 467 g/mol. The monoisotopic (exact) mass is 502 g/mol. The van der Waals surface area contributed by atoms with Crippen molar-refractivity contribution in [2.24, 2.45) is 5.92 Å². The van der Waals surface area contributed by atoms with Crippen LogP contribution in [-0.4, -0.2) is 55.7 Å². The highest BCUT2D eigenvalue weighted by atomic mass is 19.1. The van der Waals surface area contributed by atoms with Crippen molar-refractivity contribution in [1.82, 2.24) is 15.1 Å². The number of benzene rings is 2. The van der Waals surface area contributed by atoms with Crippen LogP contribution in [0.2, 0.25) is 0 Å². The summed E-state index contributed by atoms with van der Waals surface area (Å²) in [6.45, 7) is 4.93. The van der Waals surface area contributed by atoms with Gasteiger partial charge in [-0.15, -0.1) is 5.10 Å². The minimum absolute atomic E-state index is 0.0386. The van der Waals surface area contributed by atoms with Gasteiger partial charge in [0.25, 0.3) is 0 Å². The molecule has 2 N–H and O–H groups in total. The van der Waals surface area contributed by atoms with E-state index in [4.69, 9.17) is 15.1 Å². The normalized spacial score (nSPS) is 18.8. The molecule has 194 valence electrons. The van der Waals surface area contributed by atoms with Crippen LogP contribution < -0.4 is 15.5 Å². The average molecular weight is 503 g/mol. The van der Waals surface area contributed by atoms with Crippen LogP contribution in [0.3, 0.4) is 0 Å². The summed E-state index contributed by atoms with van der Waals surface area (Å²) in [5.41, 5.74) is 3.58. The maximum atomic E-state index is 14.5. The predicted octanol–water partition coefficient (Wildman–Crippen LogP) is 4.97. The summed E-state index contributed by atoms with van der Waals surface area (Å²) in [7, 11) is 1.79. The number of hydrogen-bond acceptors (Lipinski definition) is 6. The average Bonchev–Trinajstić information content (AvgIpc) is 3.19. The zero-order valence-corrected chi connectivity index (χ0v) is 21.4. The van der Waals surface area contributed by atoms with Gasteiger partial charge in [0.15, 0.2) is 0 Å². The Morgan fingerprint density at radius 1 is 1.05 bits per heavy atom. The van der Waals surface area contributed by atoms with Crippen molar-refractivity contribution in [1.29, 1.82) is 5.26 Å². The van der Waals surface area contributed by atoms with Gasteiger partial charge in [0, 0.05) is 44.1 Å². The number of hydrogen-bond donors (Lipinski definition) is 2. The molecule has 1 atom stereocenters. The van der Waals surface area contributed by atoms with E-state index >= 15 is 0 Å². The highest BCUT2D eigenvalue weighted by Gasteiger charge is 2.20. The Kier molecular flexibility index (Phi) is 8.02. The molecule has 0 saturated carbocycles. The molecule has 2 fully saturated rings. The van der Waals surface area contributed by atoms with Crippen molar-refractivity contribution >= 4 is 11.5 Å². The molecule has 0 bridgehead atoms. The number of anilines is 2. The first-order chi connectivity index (χ1) is 18.1. The highest BCUT2D eigenvalue weighted by molar-refractivity contribution is 5.67. The lowest BCUT2D eigenvalue weighted by Gasteiger charge is -2.33. The Morgan fingerprint density at radius 3 is 2.57 bits per heavy atom. The molecule has 0 amide bonds. The van der Waals surface area contributed by atoms with E-state index in [2.05, 4.69) is 39.8 Å². The molecule has 5 rings (SSSR count). The van der Waals surface area contributed by atoms with Crippen molar-refractivity contribution < 1.29 is 9.13 Å². The Morgan fingerprint density at radius 2 is 1.84 bits per heavy atom. The largest absolute Gasteiger partial charge is 0.381 e. The molecule has 0 aliphatic carbocycles. The molecule has 2 aliphatic rings. The second kappa shape index (κ2) is 11.8. The first-order valence-corrected chi connectivity index (χ1v) is 13.3. The van der Waals surface area contributed by atoms with Gasteiger partial charge in [0.2, 0.25) is 0 Å². The number of piperidine rings is 1. The minimum Gasteiger partial charge on any atom is -0.381 e. The third kappa shape index (κ3) is 5.95. The summed E-state index contributed by atoms with van der Waals surface area (Å²) >= 11 is 0. The fraction of sp³-hybridized carbons (Fsp3) is 0.448. The Balaban J connectivity index is 1.40. The van der Waals surface area contributed by atoms with Crippen LogP contribution in [0, 0.1) is 23.1 Å². The summed E-state index contributed by atoms with van der Waals surface area (Å²) in [5.74, 6) is 0.836. The van der Waals surface area contributed by atoms with Crippen molar-refractivity contribution in [2.45, 2.75) is 38.2 Å². The van der Waals surface area contributed by atoms with Gasteiger partial charge in [-0.3, -0.25) is 0 Å². The number of nitrogens with one attached hydrogen (secondary N) is 2. The van der Waals surface area contributed by atoms with Gasteiger partial charge in [0.1, 0.15) is 17.7 Å².